The number of aromatic nitrogens is 3. The number of hydrogen-bond donors (Lipinski definition) is 1. The molecular formula is C42H36Cl2F5N7O. The number of pyridine rings is 2. The first-order valence-electron chi connectivity index (χ1n) is 19.4. The fourth-order valence-corrected chi connectivity index (χ4v) is 10.7. The summed E-state index contributed by atoms with van der Waals surface area (Å²) in [6, 6.07) is 11.1. The molecule has 1 amide bonds. The third-order valence-corrected chi connectivity index (χ3v) is 13.8. The van der Waals surface area contributed by atoms with E-state index < -0.39 is 35.5 Å². The van der Waals surface area contributed by atoms with Crippen molar-refractivity contribution in [2.75, 3.05) is 24.5 Å². The lowest BCUT2D eigenvalue weighted by Gasteiger charge is -2.40. The van der Waals surface area contributed by atoms with Crippen LogP contribution < -0.4 is 10.2 Å². The predicted octanol–water partition coefficient (Wildman–Crippen LogP) is 9.34. The minimum Gasteiger partial charge on any atom is -0.352 e. The van der Waals surface area contributed by atoms with Crippen LogP contribution in [0.25, 0.3) is 32.9 Å². The molecule has 7 heterocycles. The molecule has 0 unspecified atom stereocenters. The molecule has 0 radical (unpaired) electrons. The van der Waals surface area contributed by atoms with Gasteiger partial charge < -0.3 is 19.7 Å². The first kappa shape index (κ1) is 36.8. The van der Waals surface area contributed by atoms with Gasteiger partial charge in [0.15, 0.2) is 17.5 Å². The Bertz CT molecular complexity index is 2550. The van der Waals surface area contributed by atoms with Crippen molar-refractivity contribution in [3.63, 3.8) is 0 Å². The van der Waals surface area contributed by atoms with Crippen LogP contribution in [-0.2, 0) is 17.4 Å². The molecule has 2 saturated carbocycles. The molecule has 6 fully saturated rings. The molecule has 4 bridgehead atoms. The molecule has 2 aromatic carbocycles. The molecule has 0 spiro atoms. The van der Waals surface area contributed by atoms with Crippen LogP contribution in [0.3, 0.4) is 0 Å². The Morgan fingerprint density at radius 3 is 2.56 bits per heavy atom. The number of rotatable bonds is 7. The number of aryl methyl sites for hydroxylation is 2. The molecule has 6 aliphatic rings. The normalized spacial score (nSPS) is 25.4. The van der Waals surface area contributed by atoms with Crippen LogP contribution in [-0.4, -0.2) is 57.1 Å². The van der Waals surface area contributed by atoms with E-state index in [2.05, 4.69) is 27.0 Å². The Morgan fingerprint density at radius 1 is 1.05 bits per heavy atom. The van der Waals surface area contributed by atoms with Gasteiger partial charge in [-0.2, -0.15) is 18.4 Å². The van der Waals surface area contributed by atoms with Gasteiger partial charge in [0.1, 0.15) is 5.52 Å². The van der Waals surface area contributed by atoms with Gasteiger partial charge in [-0.25, -0.2) is 18.7 Å². The van der Waals surface area contributed by atoms with E-state index in [1.165, 1.54) is 0 Å². The van der Waals surface area contributed by atoms with Crippen LogP contribution >= 0.6 is 23.2 Å². The van der Waals surface area contributed by atoms with Crippen molar-refractivity contribution >= 4 is 56.7 Å². The Kier molecular flexibility index (Phi) is 8.56. The van der Waals surface area contributed by atoms with Crippen LogP contribution in [0, 0.1) is 47.6 Å². The highest BCUT2D eigenvalue weighted by Crippen LogP contribution is 2.54. The number of nitriles is 1. The minimum absolute atomic E-state index is 0.00841. The van der Waals surface area contributed by atoms with Gasteiger partial charge in [0, 0.05) is 83.4 Å². The number of nitrogens with zero attached hydrogens (tertiary/aromatic N) is 6. The zero-order valence-corrected chi connectivity index (χ0v) is 32.2. The van der Waals surface area contributed by atoms with E-state index in [1.54, 1.807) is 23.1 Å². The number of alkyl halides is 3. The highest BCUT2D eigenvalue weighted by atomic mass is 35.5. The van der Waals surface area contributed by atoms with Crippen molar-refractivity contribution in [1.29, 1.82) is 5.26 Å². The van der Waals surface area contributed by atoms with Gasteiger partial charge in [-0.1, -0.05) is 35.3 Å². The monoisotopic (exact) mass is 819 g/mol. The Hall–Kier alpha value is -4.51. The van der Waals surface area contributed by atoms with Crippen LogP contribution in [0.15, 0.2) is 42.6 Å². The molecule has 57 heavy (non-hydrogen) atoms. The van der Waals surface area contributed by atoms with Crippen LogP contribution in [0.4, 0.5) is 27.8 Å². The first-order valence-corrected chi connectivity index (χ1v) is 20.1. The Labute approximate surface area is 334 Å². The summed E-state index contributed by atoms with van der Waals surface area (Å²) in [4.78, 5) is 26.8. The lowest BCUT2D eigenvalue weighted by Crippen LogP contribution is -2.45. The molecule has 4 aliphatic heterocycles. The fraction of sp³-hybridized carbons (Fsp3) is 0.429. The first-order chi connectivity index (χ1) is 27.3. The molecule has 2 aliphatic carbocycles. The van der Waals surface area contributed by atoms with Crippen molar-refractivity contribution in [2.24, 2.45) is 17.8 Å². The molecule has 4 saturated heterocycles. The van der Waals surface area contributed by atoms with Crippen LogP contribution in [0.1, 0.15) is 66.7 Å². The number of carbonyl (C=O) groups is 1. The largest absolute Gasteiger partial charge is 0.419 e. The second-order valence-corrected chi connectivity index (χ2v) is 17.1. The number of anilines is 1. The number of carbonyl (C=O) groups excluding carboxylic acids is 1. The van der Waals surface area contributed by atoms with Crippen molar-refractivity contribution in [2.45, 2.75) is 75.8 Å². The summed E-state index contributed by atoms with van der Waals surface area (Å²) >= 11 is 13.1. The second kappa shape index (κ2) is 13.3. The third-order valence-electron chi connectivity index (χ3n) is 13.0. The lowest BCUT2D eigenvalue weighted by molar-refractivity contribution is -0.140. The number of piperidine rings is 1. The van der Waals surface area contributed by atoms with E-state index >= 15 is 8.78 Å². The van der Waals surface area contributed by atoms with Crippen LogP contribution in [0.5, 0.6) is 0 Å². The van der Waals surface area contributed by atoms with Gasteiger partial charge in [0.2, 0.25) is 5.91 Å². The van der Waals surface area contributed by atoms with Gasteiger partial charge in [0.25, 0.3) is 0 Å². The van der Waals surface area contributed by atoms with E-state index in [0.717, 1.165) is 48.6 Å². The summed E-state index contributed by atoms with van der Waals surface area (Å²) in [7, 11) is 0. The van der Waals surface area contributed by atoms with Gasteiger partial charge in [0.05, 0.1) is 45.3 Å². The van der Waals surface area contributed by atoms with Gasteiger partial charge in [-0.15, -0.1) is 0 Å². The highest BCUT2D eigenvalue weighted by molar-refractivity contribution is 6.43. The Balaban J connectivity index is 1.19. The summed E-state index contributed by atoms with van der Waals surface area (Å²) in [5.41, 5.74) is 2.20. The number of likely N-dealkylation sites (tertiary alicyclic amines) is 1. The van der Waals surface area contributed by atoms with Crippen molar-refractivity contribution in [1.82, 2.24) is 24.8 Å². The van der Waals surface area contributed by atoms with Crippen molar-refractivity contribution in [3.8, 4) is 17.2 Å². The van der Waals surface area contributed by atoms with E-state index in [0.29, 0.717) is 34.7 Å². The maximum Gasteiger partial charge on any atom is 0.419 e. The molecule has 8 nitrogen and oxygen atoms in total. The average Bonchev–Trinajstić information content (AvgIpc) is 3.45. The quantitative estimate of drug-likeness (QED) is 0.165. The summed E-state index contributed by atoms with van der Waals surface area (Å²) in [6.45, 7) is 2.96. The lowest BCUT2D eigenvalue weighted by atomic mass is 9.79. The third kappa shape index (κ3) is 5.64. The molecule has 6 atom stereocenters. The number of nitrogens with one attached hydrogen (secondary N) is 1. The Morgan fingerprint density at radius 2 is 1.86 bits per heavy atom. The van der Waals surface area contributed by atoms with E-state index in [1.807, 2.05) is 17.9 Å². The summed E-state index contributed by atoms with van der Waals surface area (Å²) in [5.74, 6) is -2.53. The van der Waals surface area contributed by atoms with Gasteiger partial charge >= 0.3 is 6.18 Å². The van der Waals surface area contributed by atoms with E-state index in [9.17, 15) is 23.2 Å². The maximum absolute atomic E-state index is 17.3. The van der Waals surface area contributed by atoms with E-state index in [4.69, 9.17) is 28.2 Å². The van der Waals surface area contributed by atoms with Gasteiger partial charge in [-0.3, -0.25) is 4.79 Å². The van der Waals surface area contributed by atoms with Crippen molar-refractivity contribution < 1.29 is 26.7 Å². The molecule has 15 heteroatoms. The summed E-state index contributed by atoms with van der Waals surface area (Å²) in [5, 5.41) is 15.1. The highest BCUT2D eigenvalue weighted by Gasteiger charge is 2.55. The summed E-state index contributed by atoms with van der Waals surface area (Å²) in [6.07, 6.45) is -0.486. The number of benzene rings is 2. The SMILES string of the molecule is Cc1nc2c(F)c(-c3cccc(Cl)c3Cl)c(CCC#N)cc2c2c1cc([C@H]1[C@H]3C[C@H](CN(c4nccc(C(F)(F)F)c4F)C3)N1C(=O)C1CC1)n2[C@H]1[C@H]2CN[C@@H]1C2. The zero-order valence-electron chi connectivity index (χ0n) is 30.7. The average molecular weight is 821 g/mol. The fourth-order valence-electron chi connectivity index (χ4n) is 10.4. The molecular weight excluding hydrogens is 784 g/mol. The zero-order chi connectivity index (χ0) is 39.7. The van der Waals surface area contributed by atoms with E-state index in [-0.39, 0.29) is 88.6 Å². The molecule has 3 aromatic heterocycles. The predicted molar refractivity (Wildman–Crippen MR) is 206 cm³/mol. The number of hydrogen-bond acceptors (Lipinski definition) is 6. The standard InChI is InChI=1S/C42H36Cl2F5N7O/c1-19-26-15-31(38-23-12-24(55(38)41(57)20-7-8-20)18-54(17-23)40-34(45)28(9-11-51-40)42(47,48)49)56(37-22-14-30(37)52-16-22)39(26)27-13-21(4-3-10-50)32(35(46)36(27)53-19)25-5-2-6-29(43)33(25)44/h2,5-6,9,11,13,15,20,22-24,30,37-38,52H,3-4,7-8,12,14,16-18H2,1H3/t22-,23+,24-,30-,37+,38-/m1/s1. The van der Waals surface area contributed by atoms with Gasteiger partial charge in [-0.05, 0) is 74.8 Å². The molecule has 11 rings (SSSR count). The number of amides is 1. The number of fused-ring (bicyclic) bond motifs is 6. The topological polar surface area (TPSA) is 90.1 Å². The smallest absolute Gasteiger partial charge is 0.352 e. The second-order valence-electron chi connectivity index (χ2n) is 16.3. The maximum atomic E-state index is 17.3. The molecule has 1 N–H and O–H groups in total. The van der Waals surface area contributed by atoms with Crippen LogP contribution in [0.2, 0.25) is 10.0 Å². The molecule has 294 valence electrons. The number of halogens is 7. The molecule has 5 aromatic rings. The summed E-state index contributed by atoms with van der Waals surface area (Å²) < 4.78 is 76.7. The van der Waals surface area contributed by atoms with Crippen molar-refractivity contribution in [3.05, 3.63) is 86.8 Å². The minimum atomic E-state index is -4.89.